The first-order chi connectivity index (χ1) is 7.80. The highest BCUT2D eigenvalue weighted by atomic mass is 15.3. The maximum atomic E-state index is 8.66. The molecule has 0 aliphatic carbocycles. The number of rotatable bonds is 5. The lowest BCUT2D eigenvalue weighted by Gasteiger charge is -2.08. The van der Waals surface area contributed by atoms with E-state index in [1.54, 1.807) is 13.2 Å². The maximum Gasteiger partial charge on any atom is 0.0991 e. The number of nitriles is 1. The van der Waals surface area contributed by atoms with Crippen molar-refractivity contribution >= 4 is 0 Å². The molecule has 0 saturated heterocycles. The van der Waals surface area contributed by atoms with Gasteiger partial charge < -0.3 is 11.2 Å². The van der Waals surface area contributed by atoms with Crippen LogP contribution in [0, 0.1) is 11.3 Å². The van der Waals surface area contributed by atoms with E-state index >= 15 is 0 Å². The van der Waals surface area contributed by atoms with Crippen LogP contribution in [0.4, 0.5) is 0 Å². The van der Waals surface area contributed by atoms with Crippen LogP contribution in [0.1, 0.15) is 17.5 Å². The van der Waals surface area contributed by atoms with Crippen molar-refractivity contribution in [3.8, 4) is 6.07 Å². The van der Waals surface area contributed by atoms with Crippen LogP contribution < -0.4 is 16.6 Å². The van der Waals surface area contributed by atoms with E-state index in [2.05, 4.69) is 16.9 Å². The van der Waals surface area contributed by atoms with Crippen LogP contribution >= 0.6 is 0 Å². The highest BCUT2D eigenvalue weighted by Gasteiger charge is 1.97. The molecule has 1 rings (SSSR count). The second-order valence-electron chi connectivity index (χ2n) is 3.38. The average molecular weight is 216 g/mol. The van der Waals surface area contributed by atoms with Crippen molar-refractivity contribution in [3.63, 3.8) is 0 Å². The number of benzene rings is 1. The SMILES string of the molecule is CNN/C(=C\N)CCc1ccc(C#N)cc1. The van der Waals surface area contributed by atoms with Gasteiger partial charge in [0.05, 0.1) is 11.6 Å². The predicted octanol–water partition coefficient (Wildman–Crippen LogP) is 1.01. The van der Waals surface area contributed by atoms with Crippen molar-refractivity contribution in [1.82, 2.24) is 10.9 Å². The Balaban J connectivity index is 2.51. The topological polar surface area (TPSA) is 73.9 Å². The molecule has 0 saturated carbocycles. The van der Waals surface area contributed by atoms with E-state index in [0.717, 1.165) is 18.5 Å². The van der Waals surface area contributed by atoms with Crippen molar-refractivity contribution in [2.75, 3.05) is 7.05 Å². The molecule has 0 aromatic heterocycles. The van der Waals surface area contributed by atoms with Crippen LogP contribution in [0.15, 0.2) is 36.2 Å². The first kappa shape index (κ1) is 12.1. The molecule has 1 aromatic carbocycles. The smallest absolute Gasteiger partial charge is 0.0991 e. The number of nitrogens with one attached hydrogen (secondary N) is 2. The number of aryl methyl sites for hydroxylation is 1. The Kier molecular flexibility index (Phi) is 4.90. The molecular weight excluding hydrogens is 200 g/mol. The van der Waals surface area contributed by atoms with Gasteiger partial charge in [-0.15, -0.1) is 0 Å². The number of nitrogens with two attached hydrogens (primary N) is 1. The zero-order chi connectivity index (χ0) is 11.8. The largest absolute Gasteiger partial charge is 0.403 e. The van der Waals surface area contributed by atoms with Crippen LogP contribution in [0.25, 0.3) is 0 Å². The summed E-state index contributed by atoms with van der Waals surface area (Å²) in [5.74, 6) is 0. The summed E-state index contributed by atoms with van der Waals surface area (Å²) in [4.78, 5) is 0. The van der Waals surface area contributed by atoms with Gasteiger partial charge in [-0.05, 0) is 30.5 Å². The van der Waals surface area contributed by atoms with E-state index in [1.165, 1.54) is 5.56 Å². The number of hydrogen-bond donors (Lipinski definition) is 3. The summed E-state index contributed by atoms with van der Waals surface area (Å²) in [6.45, 7) is 0. The molecular formula is C12H16N4. The zero-order valence-electron chi connectivity index (χ0n) is 9.33. The summed E-state index contributed by atoms with van der Waals surface area (Å²) < 4.78 is 0. The van der Waals surface area contributed by atoms with Crippen LogP contribution in [0.5, 0.6) is 0 Å². The van der Waals surface area contributed by atoms with E-state index in [1.807, 2.05) is 24.3 Å². The molecule has 0 radical (unpaired) electrons. The first-order valence-corrected chi connectivity index (χ1v) is 5.12. The fourth-order valence-corrected chi connectivity index (χ4v) is 1.37. The lowest BCUT2D eigenvalue weighted by atomic mass is 10.1. The Bertz CT molecular complexity index is 386. The molecule has 0 aliphatic rings. The molecule has 84 valence electrons. The number of hydrazine groups is 1. The quantitative estimate of drug-likeness (QED) is 0.642. The number of allylic oxidation sites excluding steroid dienone is 1. The van der Waals surface area contributed by atoms with Crippen LogP contribution in [-0.2, 0) is 6.42 Å². The van der Waals surface area contributed by atoms with Gasteiger partial charge in [-0.3, -0.25) is 0 Å². The molecule has 1 aromatic rings. The molecule has 0 unspecified atom stereocenters. The maximum absolute atomic E-state index is 8.66. The molecule has 0 fully saturated rings. The molecule has 0 amide bonds. The molecule has 0 aliphatic heterocycles. The lowest BCUT2D eigenvalue weighted by Crippen LogP contribution is -2.27. The third kappa shape index (κ3) is 3.64. The van der Waals surface area contributed by atoms with E-state index < -0.39 is 0 Å². The van der Waals surface area contributed by atoms with Crippen molar-refractivity contribution < 1.29 is 0 Å². The third-order valence-corrected chi connectivity index (χ3v) is 2.25. The standard InChI is InChI=1S/C12H16N4/c1-15-16-12(9-14)7-6-10-2-4-11(8-13)5-3-10/h2-5,9,15-16H,6-7,14H2,1H3/b12-9-. The van der Waals surface area contributed by atoms with E-state index in [0.29, 0.717) is 5.56 Å². The monoisotopic (exact) mass is 216 g/mol. The minimum Gasteiger partial charge on any atom is -0.403 e. The molecule has 16 heavy (non-hydrogen) atoms. The molecule has 4 N–H and O–H groups in total. The number of nitrogens with zero attached hydrogens (tertiary/aromatic N) is 1. The van der Waals surface area contributed by atoms with Gasteiger partial charge >= 0.3 is 0 Å². The summed E-state index contributed by atoms with van der Waals surface area (Å²) in [7, 11) is 1.80. The van der Waals surface area contributed by atoms with E-state index in [9.17, 15) is 0 Å². The molecule has 0 spiro atoms. The zero-order valence-corrected chi connectivity index (χ0v) is 9.33. The summed E-state index contributed by atoms with van der Waals surface area (Å²) >= 11 is 0. The first-order valence-electron chi connectivity index (χ1n) is 5.12. The molecule has 0 bridgehead atoms. The van der Waals surface area contributed by atoms with Gasteiger partial charge in [-0.25, -0.2) is 5.43 Å². The average Bonchev–Trinajstić information content (AvgIpc) is 2.35. The second kappa shape index (κ2) is 6.49. The van der Waals surface area contributed by atoms with Gasteiger partial charge in [0.25, 0.3) is 0 Å². The Morgan fingerprint density at radius 1 is 1.44 bits per heavy atom. The molecule has 0 atom stereocenters. The van der Waals surface area contributed by atoms with Crippen molar-refractivity contribution in [2.24, 2.45) is 5.73 Å². The minimum absolute atomic E-state index is 0.687. The summed E-state index contributed by atoms with van der Waals surface area (Å²) in [6, 6.07) is 9.68. The van der Waals surface area contributed by atoms with Crippen molar-refractivity contribution in [1.29, 1.82) is 5.26 Å². The van der Waals surface area contributed by atoms with Gasteiger partial charge in [0.1, 0.15) is 0 Å². The van der Waals surface area contributed by atoms with Crippen molar-refractivity contribution in [3.05, 3.63) is 47.3 Å². The van der Waals surface area contributed by atoms with Crippen LogP contribution in [0.2, 0.25) is 0 Å². The molecule has 4 nitrogen and oxygen atoms in total. The fraction of sp³-hybridized carbons (Fsp3) is 0.250. The summed E-state index contributed by atoms with van der Waals surface area (Å²) in [6.07, 6.45) is 3.28. The highest BCUT2D eigenvalue weighted by Crippen LogP contribution is 2.08. The van der Waals surface area contributed by atoms with Crippen LogP contribution in [-0.4, -0.2) is 7.05 Å². The van der Waals surface area contributed by atoms with E-state index in [-0.39, 0.29) is 0 Å². The van der Waals surface area contributed by atoms with Gasteiger partial charge in [0, 0.05) is 18.9 Å². The molecule has 4 heteroatoms. The Labute approximate surface area is 95.7 Å². The highest BCUT2D eigenvalue weighted by molar-refractivity contribution is 5.31. The Morgan fingerprint density at radius 3 is 2.62 bits per heavy atom. The minimum atomic E-state index is 0.687. The third-order valence-electron chi connectivity index (χ3n) is 2.25. The second-order valence-corrected chi connectivity index (χ2v) is 3.38. The molecule has 0 heterocycles. The Hall–Kier alpha value is -1.99. The van der Waals surface area contributed by atoms with Gasteiger partial charge in [-0.2, -0.15) is 5.26 Å². The van der Waals surface area contributed by atoms with Crippen LogP contribution in [0.3, 0.4) is 0 Å². The van der Waals surface area contributed by atoms with Gasteiger partial charge in [0.15, 0.2) is 0 Å². The lowest BCUT2D eigenvalue weighted by molar-refractivity contribution is 0.651. The number of hydrogen-bond acceptors (Lipinski definition) is 4. The van der Waals surface area contributed by atoms with Gasteiger partial charge in [-0.1, -0.05) is 12.1 Å². The van der Waals surface area contributed by atoms with Gasteiger partial charge in [0.2, 0.25) is 0 Å². The van der Waals surface area contributed by atoms with E-state index in [4.69, 9.17) is 11.0 Å². The predicted molar refractivity (Wildman–Crippen MR) is 63.9 cm³/mol. The summed E-state index contributed by atoms with van der Waals surface area (Å²) in [5, 5.41) is 8.66. The van der Waals surface area contributed by atoms with Crippen molar-refractivity contribution in [2.45, 2.75) is 12.8 Å². The Morgan fingerprint density at radius 2 is 2.12 bits per heavy atom. The summed E-state index contributed by atoms with van der Waals surface area (Å²) in [5.41, 5.74) is 14.1. The normalized spacial score (nSPS) is 10.9. The fourth-order valence-electron chi connectivity index (χ4n) is 1.37.